The molecule has 0 amide bonds. The molecule has 128 valence electrons. The van der Waals surface area contributed by atoms with Gasteiger partial charge in [0.1, 0.15) is 11.4 Å². The topological polar surface area (TPSA) is 57.4 Å². The van der Waals surface area contributed by atoms with Crippen LogP contribution >= 0.6 is 0 Å². The predicted molar refractivity (Wildman–Crippen MR) is 77.0 cm³/mol. The molecule has 8 heteroatoms. The minimum absolute atomic E-state index is 0.306. The lowest BCUT2D eigenvalue weighted by Crippen LogP contribution is -2.38. The number of rotatable bonds is 2. The Kier molecular flexibility index (Phi) is 4.08. The van der Waals surface area contributed by atoms with Gasteiger partial charge in [-0.1, -0.05) is 6.07 Å². The van der Waals surface area contributed by atoms with Crippen molar-refractivity contribution < 1.29 is 27.0 Å². The van der Waals surface area contributed by atoms with Crippen LogP contribution in [0.3, 0.4) is 0 Å². The lowest BCUT2D eigenvalue weighted by Gasteiger charge is -2.29. The number of nitrogens with zero attached hydrogens (tertiary/aromatic N) is 1. The lowest BCUT2D eigenvalue weighted by atomic mass is 9.83. The van der Waals surface area contributed by atoms with Crippen molar-refractivity contribution in [3.63, 3.8) is 0 Å². The molecule has 1 aromatic heterocycles. The average Bonchev–Trinajstić information content (AvgIpc) is 2.69. The van der Waals surface area contributed by atoms with E-state index in [9.17, 15) is 17.6 Å². The van der Waals surface area contributed by atoms with Crippen LogP contribution in [0, 0.1) is 5.82 Å². The Labute approximate surface area is 135 Å². The number of ether oxygens (including phenoxy) is 2. The molecule has 0 saturated carbocycles. The van der Waals surface area contributed by atoms with Gasteiger partial charge in [0.2, 0.25) is 0 Å². The molecule has 2 N–H and O–H groups in total. The van der Waals surface area contributed by atoms with Crippen LogP contribution < -0.4 is 15.2 Å². The summed E-state index contributed by atoms with van der Waals surface area (Å²) in [6, 6.07) is 6.57. The first-order valence-electron chi connectivity index (χ1n) is 7.22. The van der Waals surface area contributed by atoms with Crippen LogP contribution in [-0.4, -0.2) is 18.0 Å². The van der Waals surface area contributed by atoms with Gasteiger partial charge in [-0.15, -0.1) is 13.2 Å². The van der Waals surface area contributed by atoms with Gasteiger partial charge in [-0.2, -0.15) is 0 Å². The fourth-order valence-electron chi connectivity index (χ4n) is 2.76. The third-order valence-electron chi connectivity index (χ3n) is 3.84. The zero-order chi connectivity index (χ0) is 17.4. The van der Waals surface area contributed by atoms with Crippen LogP contribution in [0.1, 0.15) is 24.1 Å². The first-order chi connectivity index (χ1) is 11.3. The van der Waals surface area contributed by atoms with Gasteiger partial charge in [-0.3, -0.25) is 4.98 Å². The van der Waals surface area contributed by atoms with Crippen LogP contribution in [-0.2, 0) is 5.54 Å². The average molecular weight is 342 g/mol. The number of nitrogens with two attached hydrogens (primary N) is 1. The molecule has 0 fully saturated rings. The van der Waals surface area contributed by atoms with E-state index in [1.54, 1.807) is 12.1 Å². The number of benzene rings is 1. The van der Waals surface area contributed by atoms with Crippen LogP contribution in [0.2, 0.25) is 0 Å². The smallest absolute Gasteiger partial charge is 0.492 e. The number of alkyl halides is 3. The van der Waals surface area contributed by atoms with Crippen LogP contribution in [0.5, 0.6) is 11.5 Å². The number of aromatic nitrogens is 1. The molecule has 1 aliphatic heterocycles. The van der Waals surface area contributed by atoms with E-state index in [1.807, 2.05) is 0 Å². The Balaban J connectivity index is 2.03. The SMILES string of the molecule is N[C@]1(c2ccc(OC(F)(F)F)c(F)c2)CCCOc2cccnc21. The second-order valence-corrected chi connectivity index (χ2v) is 5.47. The zero-order valence-electron chi connectivity index (χ0n) is 12.4. The number of hydrogen-bond acceptors (Lipinski definition) is 4. The van der Waals surface area contributed by atoms with Crippen LogP contribution in [0.4, 0.5) is 17.6 Å². The van der Waals surface area contributed by atoms with E-state index in [-0.39, 0.29) is 0 Å². The Hall–Kier alpha value is -2.35. The molecule has 0 aliphatic carbocycles. The molecule has 0 unspecified atom stereocenters. The first kappa shape index (κ1) is 16.5. The summed E-state index contributed by atoms with van der Waals surface area (Å²) in [4.78, 5) is 4.24. The highest BCUT2D eigenvalue weighted by Crippen LogP contribution is 2.39. The molecule has 0 spiro atoms. The summed E-state index contributed by atoms with van der Waals surface area (Å²) in [5.41, 5.74) is 6.03. The van der Waals surface area contributed by atoms with E-state index < -0.39 is 23.5 Å². The quantitative estimate of drug-likeness (QED) is 0.849. The molecular formula is C16H14F4N2O2. The van der Waals surface area contributed by atoms with Gasteiger partial charge in [0, 0.05) is 6.20 Å². The van der Waals surface area contributed by atoms with Crippen molar-refractivity contribution in [2.45, 2.75) is 24.7 Å². The molecule has 1 aliphatic rings. The molecule has 2 aromatic rings. The van der Waals surface area contributed by atoms with Gasteiger partial charge in [-0.25, -0.2) is 4.39 Å². The normalized spacial score (nSPS) is 20.7. The van der Waals surface area contributed by atoms with Crippen LogP contribution in [0.15, 0.2) is 36.5 Å². The second-order valence-electron chi connectivity index (χ2n) is 5.47. The van der Waals surface area contributed by atoms with Gasteiger partial charge < -0.3 is 15.2 Å². The largest absolute Gasteiger partial charge is 0.573 e. The minimum atomic E-state index is -4.97. The number of fused-ring (bicyclic) bond motifs is 1. The maximum absolute atomic E-state index is 14.1. The van der Waals surface area contributed by atoms with Crippen LogP contribution in [0.25, 0.3) is 0 Å². The van der Waals surface area contributed by atoms with Crippen molar-refractivity contribution in [3.8, 4) is 11.5 Å². The molecular weight excluding hydrogens is 328 g/mol. The van der Waals surface area contributed by atoms with Gasteiger partial charge in [-0.05, 0) is 42.7 Å². The third kappa shape index (κ3) is 3.14. The van der Waals surface area contributed by atoms with Gasteiger partial charge in [0.25, 0.3) is 0 Å². The number of hydrogen-bond donors (Lipinski definition) is 1. The highest BCUT2D eigenvalue weighted by Gasteiger charge is 2.37. The molecule has 0 saturated heterocycles. The van der Waals surface area contributed by atoms with E-state index in [0.717, 1.165) is 12.1 Å². The molecule has 24 heavy (non-hydrogen) atoms. The molecule has 0 radical (unpaired) electrons. The van der Waals surface area contributed by atoms with Crippen molar-refractivity contribution in [1.82, 2.24) is 4.98 Å². The maximum atomic E-state index is 14.1. The zero-order valence-corrected chi connectivity index (χ0v) is 12.4. The predicted octanol–water partition coefficient (Wildman–Crippen LogP) is 3.49. The van der Waals surface area contributed by atoms with E-state index in [1.165, 1.54) is 12.3 Å². The van der Waals surface area contributed by atoms with Gasteiger partial charge in [0.15, 0.2) is 11.6 Å². The fourth-order valence-corrected chi connectivity index (χ4v) is 2.76. The van der Waals surface area contributed by atoms with Gasteiger partial charge >= 0.3 is 6.36 Å². The van der Waals surface area contributed by atoms with E-state index >= 15 is 0 Å². The lowest BCUT2D eigenvalue weighted by molar-refractivity contribution is -0.275. The Morgan fingerprint density at radius 3 is 2.75 bits per heavy atom. The standard InChI is InChI=1S/C16H14F4N2O2/c17-11-9-10(4-5-12(11)24-16(18,19)20)15(21)6-2-8-23-13-3-1-7-22-14(13)15/h1,3-5,7,9H,2,6,8,21H2/t15-/m0/s1. The summed E-state index contributed by atoms with van der Waals surface area (Å²) in [5, 5.41) is 0. The molecule has 0 bridgehead atoms. The summed E-state index contributed by atoms with van der Waals surface area (Å²) in [7, 11) is 0. The molecule has 3 rings (SSSR count). The van der Waals surface area contributed by atoms with Crippen molar-refractivity contribution in [2.24, 2.45) is 5.73 Å². The molecule has 1 atom stereocenters. The summed E-state index contributed by atoms with van der Waals surface area (Å²) >= 11 is 0. The minimum Gasteiger partial charge on any atom is -0.492 e. The fraction of sp³-hybridized carbons (Fsp3) is 0.312. The second kappa shape index (κ2) is 5.94. The summed E-state index contributed by atoms with van der Waals surface area (Å²) in [5.74, 6) is -1.56. The van der Waals surface area contributed by atoms with Gasteiger partial charge in [0.05, 0.1) is 12.1 Å². The summed E-state index contributed by atoms with van der Waals surface area (Å²) in [6.45, 7) is 0.426. The van der Waals surface area contributed by atoms with E-state index in [2.05, 4.69) is 9.72 Å². The Bertz CT molecular complexity index is 751. The highest BCUT2D eigenvalue weighted by atomic mass is 19.4. The van der Waals surface area contributed by atoms with Crippen molar-refractivity contribution in [2.75, 3.05) is 6.61 Å². The van der Waals surface area contributed by atoms with Crippen molar-refractivity contribution >= 4 is 0 Å². The third-order valence-corrected chi connectivity index (χ3v) is 3.84. The molecule has 4 nitrogen and oxygen atoms in total. The number of pyridine rings is 1. The first-order valence-corrected chi connectivity index (χ1v) is 7.22. The van der Waals surface area contributed by atoms with Crippen molar-refractivity contribution in [3.05, 3.63) is 53.6 Å². The maximum Gasteiger partial charge on any atom is 0.573 e. The number of halogens is 4. The Morgan fingerprint density at radius 2 is 2.04 bits per heavy atom. The molecule has 2 heterocycles. The van der Waals surface area contributed by atoms with E-state index in [0.29, 0.717) is 36.5 Å². The highest BCUT2D eigenvalue weighted by molar-refractivity contribution is 5.44. The Morgan fingerprint density at radius 1 is 1.25 bits per heavy atom. The monoisotopic (exact) mass is 342 g/mol. The summed E-state index contributed by atoms with van der Waals surface area (Å²) < 4.78 is 60.1. The van der Waals surface area contributed by atoms with E-state index in [4.69, 9.17) is 10.5 Å². The van der Waals surface area contributed by atoms with Crippen molar-refractivity contribution in [1.29, 1.82) is 0 Å². The molecule has 1 aromatic carbocycles. The summed E-state index contributed by atoms with van der Waals surface area (Å²) in [6.07, 6.45) is -2.43.